The van der Waals surface area contributed by atoms with E-state index in [1.165, 1.54) is 17.4 Å². The zero-order chi connectivity index (χ0) is 10.3. The average molecular weight is 227 g/mol. The van der Waals surface area contributed by atoms with Crippen molar-refractivity contribution in [2.45, 2.75) is 4.90 Å². The van der Waals surface area contributed by atoms with Crippen molar-refractivity contribution in [1.82, 2.24) is 0 Å². The van der Waals surface area contributed by atoms with Gasteiger partial charge in [0.1, 0.15) is 5.75 Å². The maximum atomic E-state index is 10.7. The van der Waals surface area contributed by atoms with E-state index in [0.29, 0.717) is 15.0 Å². The van der Waals surface area contributed by atoms with Crippen molar-refractivity contribution in [2.24, 2.45) is 0 Å². The second-order valence-electron chi connectivity index (χ2n) is 2.72. The van der Waals surface area contributed by atoms with Crippen LogP contribution in [0.25, 0.3) is 10.1 Å². The summed E-state index contributed by atoms with van der Waals surface area (Å²) in [5.74, 6) is -0.0978. The molecule has 1 N–H and O–H groups in total. The van der Waals surface area contributed by atoms with Gasteiger partial charge in [-0.25, -0.2) is 0 Å². The highest BCUT2D eigenvalue weighted by Crippen LogP contribution is 2.38. The summed E-state index contributed by atoms with van der Waals surface area (Å²) in [5.41, 5.74) is -0.105. The molecule has 14 heavy (non-hydrogen) atoms. The number of rotatable bonds is 1. The lowest BCUT2D eigenvalue weighted by molar-refractivity contribution is -0.383. The van der Waals surface area contributed by atoms with Gasteiger partial charge in [-0.3, -0.25) is 10.1 Å². The number of non-ortho nitro benzene ring substituents is 1. The number of fused-ring (bicyclic) bond motifs is 1. The van der Waals surface area contributed by atoms with E-state index >= 15 is 0 Å². The molecule has 6 heteroatoms. The first-order valence-corrected chi connectivity index (χ1v) is 5.00. The number of nitro groups is 1. The molecule has 0 saturated carbocycles. The van der Waals surface area contributed by atoms with E-state index in [2.05, 4.69) is 12.6 Å². The van der Waals surface area contributed by atoms with Gasteiger partial charge in [0, 0.05) is 15.0 Å². The molecule has 2 aromatic rings. The van der Waals surface area contributed by atoms with Gasteiger partial charge < -0.3 is 5.11 Å². The Labute approximate surface area is 88.4 Å². The SMILES string of the molecule is O=[N+]([O-])c1cc(O)cc2scc(S)c12. The normalized spacial score (nSPS) is 10.6. The minimum atomic E-state index is -0.519. The summed E-state index contributed by atoms with van der Waals surface area (Å²) in [6.07, 6.45) is 0. The van der Waals surface area contributed by atoms with Crippen LogP contribution in [0.5, 0.6) is 5.75 Å². The van der Waals surface area contributed by atoms with Gasteiger partial charge in [0.25, 0.3) is 5.69 Å². The number of phenols is 1. The predicted molar refractivity (Wildman–Crippen MR) is 57.4 cm³/mol. The Kier molecular flexibility index (Phi) is 2.09. The predicted octanol–water partition coefficient (Wildman–Crippen LogP) is 2.80. The second-order valence-corrected chi connectivity index (χ2v) is 4.11. The maximum Gasteiger partial charge on any atom is 0.282 e. The van der Waals surface area contributed by atoms with E-state index in [0.717, 1.165) is 6.07 Å². The van der Waals surface area contributed by atoms with Crippen LogP contribution in [0.15, 0.2) is 22.4 Å². The molecular formula is C8H5NO3S2. The number of nitrogens with zero attached hydrogens (tertiary/aromatic N) is 1. The fraction of sp³-hybridized carbons (Fsp3) is 0. The molecule has 72 valence electrons. The van der Waals surface area contributed by atoms with E-state index in [9.17, 15) is 15.2 Å². The Morgan fingerprint density at radius 1 is 1.50 bits per heavy atom. The van der Waals surface area contributed by atoms with Gasteiger partial charge in [-0.2, -0.15) is 0 Å². The van der Waals surface area contributed by atoms with Gasteiger partial charge in [-0.1, -0.05) is 0 Å². The quantitative estimate of drug-likeness (QED) is 0.447. The largest absolute Gasteiger partial charge is 0.508 e. The van der Waals surface area contributed by atoms with E-state index in [1.807, 2.05) is 0 Å². The highest BCUT2D eigenvalue weighted by atomic mass is 32.1. The van der Waals surface area contributed by atoms with Crippen LogP contribution in [-0.4, -0.2) is 10.0 Å². The van der Waals surface area contributed by atoms with Crippen molar-refractivity contribution >= 4 is 39.7 Å². The number of hydrogen-bond acceptors (Lipinski definition) is 5. The Morgan fingerprint density at radius 2 is 2.21 bits per heavy atom. The van der Waals surface area contributed by atoms with E-state index < -0.39 is 4.92 Å². The molecule has 0 radical (unpaired) electrons. The molecule has 0 aliphatic heterocycles. The standard InChI is InChI=1S/C8H5NO3S2/c10-4-1-5(9(11)12)8-6(13)3-14-7(8)2-4/h1-3,10,13H. The number of aromatic hydroxyl groups is 1. The van der Waals surface area contributed by atoms with Gasteiger partial charge in [0.15, 0.2) is 0 Å². The minimum Gasteiger partial charge on any atom is -0.508 e. The number of phenolic OH excluding ortho intramolecular Hbond substituents is 1. The lowest BCUT2D eigenvalue weighted by Gasteiger charge is -1.96. The number of thiophene rings is 1. The first kappa shape index (κ1) is 9.29. The third-order valence-electron chi connectivity index (χ3n) is 1.82. The summed E-state index contributed by atoms with van der Waals surface area (Å²) < 4.78 is 0.668. The van der Waals surface area contributed by atoms with E-state index in [4.69, 9.17) is 0 Å². The molecular weight excluding hydrogens is 222 g/mol. The first-order chi connectivity index (χ1) is 6.59. The van der Waals surface area contributed by atoms with Crippen LogP contribution in [-0.2, 0) is 0 Å². The van der Waals surface area contributed by atoms with Crippen molar-refractivity contribution in [3.05, 3.63) is 27.6 Å². The molecule has 0 saturated heterocycles. The maximum absolute atomic E-state index is 10.7. The lowest BCUT2D eigenvalue weighted by atomic mass is 10.2. The van der Waals surface area contributed by atoms with Crippen LogP contribution in [0.4, 0.5) is 5.69 Å². The summed E-state index contributed by atoms with van der Waals surface area (Å²) in [4.78, 5) is 10.7. The Hall–Kier alpha value is -1.27. The second kappa shape index (κ2) is 3.14. The molecule has 0 aliphatic carbocycles. The number of thiol groups is 1. The summed E-state index contributed by atoms with van der Waals surface area (Å²) in [6, 6.07) is 2.63. The van der Waals surface area contributed by atoms with Crippen LogP contribution in [0, 0.1) is 10.1 Å². The van der Waals surface area contributed by atoms with Gasteiger partial charge in [-0.15, -0.1) is 24.0 Å². The monoisotopic (exact) mass is 227 g/mol. The molecule has 0 bridgehead atoms. The Balaban J connectivity index is 2.90. The smallest absolute Gasteiger partial charge is 0.282 e. The molecule has 0 aliphatic rings. The summed E-state index contributed by atoms with van der Waals surface area (Å²) in [6.45, 7) is 0. The van der Waals surface area contributed by atoms with Crippen molar-refractivity contribution in [1.29, 1.82) is 0 Å². The fourth-order valence-corrected chi connectivity index (χ4v) is 2.61. The molecule has 0 atom stereocenters. The van der Waals surface area contributed by atoms with Gasteiger partial charge in [0.05, 0.1) is 16.4 Å². The number of hydrogen-bond donors (Lipinski definition) is 2. The van der Waals surface area contributed by atoms with Crippen molar-refractivity contribution in [3.63, 3.8) is 0 Å². The van der Waals surface area contributed by atoms with Gasteiger partial charge in [0.2, 0.25) is 0 Å². The highest BCUT2D eigenvalue weighted by Gasteiger charge is 2.17. The van der Waals surface area contributed by atoms with Gasteiger partial charge >= 0.3 is 0 Å². The fourth-order valence-electron chi connectivity index (χ4n) is 1.26. The van der Waals surface area contributed by atoms with Crippen LogP contribution < -0.4 is 0 Å². The molecule has 0 amide bonds. The third-order valence-corrected chi connectivity index (χ3v) is 3.27. The number of nitro benzene ring substituents is 1. The Morgan fingerprint density at radius 3 is 2.86 bits per heavy atom. The molecule has 4 nitrogen and oxygen atoms in total. The summed E-state index contributed by atoms with van der Waals surface area (Å²) >= 11 is 5.44. The highest BCUT2D eigenvalue weighted by molar-refractivity contribution is 7.80. The van der Waals surface area contributed by atoms with Crippen molar-refractivity contribution < 1.29 is 10.0 Å². The van der Waals surface area contributed by atoms with Crippen LogP contribution in [0.2, 0.25) is 0 Å². The molecule has 1 heterocycles. The lowest BCUT2D eigenvalue weighted by Crippen LogP contribution is -1.88. The third kappa shape index (κ3) is 1.32. The summed E-state index contributed by atoms with van der Waals surface area (Å²) in [5, 5.41) is 22.1. The van der Waals surface area contributed by atoms with Crippen LogP contribution in [0.1, 0.15) is 0 Å². The molecule has 0 unspecified atom stereocenters. The van der Waals surface area contributed by atoms with Crippen molar-refractivity contribution in [3.8, 4) is 5.75 Å². The zero-order valence-electron chi connectivity index (χ0n) is 6.80. The molecule has 0 fully saturated rings. The summed E-state index contributed by atoms with van der Waals surface area (Å²) in [7, 11) is 0. The molecule has 1 aromatic carbocycles. The van der Waals surface area contributed by atoms with Crippen molar-refractivity contribution in [2.75, 3.05) is 0 Å². The number of benzene rings is 1. The topological polar surface area (TPSA) is 63.4 Å². The van der Waals surface area contributed by atoms with E-state index in [-0.39, 0.29) is 11.4 Å². The first-order valence-electron chi connectivity index (χ1n) is 3.67. The van der Waals surface area contributed by atoms with Gasteiger partial charge in [-0.05, 0) is 6.07 Å². The zero-order valence-corrected chi connectivity index (χ0v) is 8.51. The molecule has 0 spiro atoms. The minimum absolute atomic E-state index is 0.0978. The molecule has 1 aromatic heterocycles. The van der Waals surface area contributed by atoms with Crippen LogP contribution >= 0.6 is 24.0 Å². The molecule has 2 rings (SSSR count). The Bertz CT molecular complexity index is 521. The van der Waals surface area contributed by atoms with Crippen LogP contribution in [0.3, 0.4) is 0 Å². The van der Waals surface area contributed by atoms with E-state index in [1.54, 1.807) is 5.38 Å². The average Bonchev–Trinajstić information content (AvgIpc) is 2.46.